The van der Waals surface area contributed by atoms with Crippen LogP contribution in [0.3, 0.4) is 0 Å². The number of anilines is 2. The normalized spacial score (nSPS) is 11.1. The van der Waals surface area contributed by atoms with Gasteiger partial charge < -0.3 is 16.0 Å². The molecule has 3 N–H and O–H groups in total. The van der Waals surface area contributed by atoms with Gasteiger partial charge in [0.25, 0.3) is 0 Å². The zero-order chi connectivity index (χ0) is 20.1. The fraction of sp³-hybridized carbons (Fsp3) is 0.250. The quantitative estimate of drug-likeness (QED) is 0.390. The molecule has 0 amide bonds. The van der Waals surface area contributed by atoms with Crippen LogP contribution >= 0.6 is 0 Å². The van der Waals surface area contributed by atoms with E-state index >= 15 is 0 Å². The van der Waals surface area contributed by atoms with Crippen LogP contribution in [-0.4, -0.2) is 36.1 Å². The molecule has 0 radical (unpaired) electrons. The molecule has 0 spiro atoms. The molecule has 4 rings (SSSR count). The molecular formula is C24H27N5. The Kier molecular flexibility index (Phi) is 5.86. The molecule has 2 heterocycles. The molecule has 0 aliphatic rings. The second-order valence-electron chi connectivity index (χ2n) is 7.36. The van der Waals surface area contributed by atoms with Gasteiger partial charge in [0.05, 0.1) is 11.0 Å². The lowest BCUT2D eigenvalue weighted by molar-refractivity contribution is 0.719. The van der Waals surface area contributed by atoms with E-state index < -0.39 is 0 Å². The number of aryl methyl sites for hydroxylation is 2. The van der Waals surface area contributed by atoms with Crippen LogP contribution in [0.5, 0.6) is 0 Å². The molecule has 5 heteroatoms. The molecule has 5 nitrogen and oxygen atoms in total. The lowest BCUT2D eigenvalue weighted by atomic mass is 10.1. The van der Waals surface area contributed by atoms with Crippen LogP contribution in [0.4, 0.5) is 11.4 Å². The minimum absolute atomic E-state index is 0.866. The van der Waals surface area contributed by atoms with E-state index in [1.165, 1.54) is 21.9 Å². The van der Waals surface area contributed by atoms with Crippen molar-refractivity contribution in [1.29, 1.82) is 0 Å². The monoisotopic (exact) mass is 385 g/mol. The minimum atomic E-state index is 0.866. The van der Waals surface area contributed by atoms with Crippen molar-refractivity contribution >= 4 is 33.2 Å². The lowest BCUT2D eigenvalue weighted by Gasteiger charge is -2.12. The van der Waals surface area contributed by atoms with Gasteiger partial charge in [-0.05, 0) is 49.2 Å². The third kappa shape index (κ3) is 4.63. The van der Waals surface area contributed by atoms with Crippen molar-refractivity contribution in [3.8, 4) is 0 Å². The number of hydrogen-bond donors (Lipinski definition) is 3. The smallest absolute Gasteiger partial charge is 0.0725 e. The van der Waals surface area contributed by atoms with Crippen molar-refractivity contribution in [3.05, 3.63) is 72.1 Å². The standard InChI is InChI=1S/C24H27N5/c1-17-3-5-19-21(7-9-26-23(19)15-17)28-13-11-25-12-14-29-22-8-10-27-24-16-18(2)4-6-20(22)24/h3-10,15-16,25H,11-14H2,1-2H3,(H,26,28)(H,27,29). The van der Waals surface area contributed by atoms with Gasteiger partial charge in [0.2, 0.25) is 0 Å². The molecular weight excluding hydrogens is 358 g/mol. The SMILES string of the molecule is Cc1ccc2c(NCCNCCNc3ccnc4cc(C)ccc34)ccnc2c1. The molecule has 29 heavy (non-hydrogen) atoms. The van der Waals surface area contributed by atoms with Gasteiger partial charge in [-0.3, -0.25) is 9.97 Å². The van der Waals surface area contributed by atoms with E-state index in [4.69, 9.17) is 0 Å². The van der Waals surface area contributed by atoms with Crippen molar-refractivity contribution in [1.82, 2.24) is 15.3 Å². The van der Waals surface area contributed by atoms with Gasteiger partial charge in [0.15, 0.2) is 0 Å². The number of benzene rings is 2. The summed E-state index contributed by atoms with van der Waals surface area (Å²) in [7, 11) is 0. The van der Waals surface area contributed by atoms with Gasteiger partial charge in [-0.25, -0.2) is 0 Å². The lowest BCUT2D eigenvalue weighted by Crippen LogP contribution is -2.27. The molecule has 0 unspecified atom stereocenters. The van der Waals surface area contributed by atoms with E-state index in [2.05, 4.69) is 76.2 Å². The van der Waals surface area contributed by atoms with Crippen LogP contribution < -0.4 is 16.0 Å². The Morgan fingerprint density at radius 1 is 0.621 bits per heavy atom. The van der Waals surface area contributed by atoms with Crippen LogP contribution in [0, 0.1) is 13.8 Å². The molecule has 4 aromatic rings. The van der Waals surface area contributed by atoms with E-state index in [-0.39, 0.29) is 0 Å². The second kappa shape index (κ2) is 8.88. The first-order chi connectivity index (χ1) is 14.2. The maximum Gasteiger partial charge on any atom is 0.0725 e. The fourth-order valence-electron chi connectivity index (χ4n) is 3.52. The number of hydrogen-bond acceptors (Lipinski definition) is 5. The van der Waals surface area contributed by atoms with Gasteiger partial charge in [-0.15, -0.1) is 0 Å². The number of fused-ring (bicyclic) bond motifs is 2. The number of rotatable bonds is 8. The number of pyridine rings is 2. The van der Waals surface area contributed by atoms with Gasteiger partial charge in [0, 0.05) is 60.7 Å². The molecule has 0 aliphatic carbocycles. The Morgan fingerprint density at radius 2 is 1.10 bits per heavy atom. The first kappa shape index (κ1) is 19.2. The van der Waals surface area contributed by atoms with Crippen LogP contribution in [0.25, 0.3) is 21.8 Å². The van der Waals surface area contributed by atoms with Crippen molar-refractivity contribution < 1.29 is 0 Å². The number of aromatic nitrogens is 2. The zero-order valence-corrected chi connectivity index (χ0v) is 17.0. The molecule has 0 saturated heterocycles. The minimum Gasteiger partial charge on any atom is -0.383 e. The van der Waals surface area contributed by atoms with E-state index in [9.17, 15) is 0 Å². The molecule has 0 bridgehead atoms. The summed E-state index contributed by atoms with van der Waals surface area (Å²) in [6.45, 7) is 7.71. The second-order valence-corrected chi connectivity index (χ2v) is 7.36. The van der Waals surface area contributed by atoms with Crippen LogP contribution in [-0.2, 0) is 0 Å². The molecule has 0 fully saturated rings. The first-order valence-corrected chi connectivity index (χ1v) is 10.1. The summed E-state index contributed by atoms with van der Waals surface area (Å²) in [5, 5.41) is 12.8. The maximum atomic E-state index is 4.46. The highest BCUT2D eigenvalue weighted by atomic mass is 15.0. The van der Waals surface area contributed by atoms with Gasteiger partial charge in [0.1, 0.15) is 0 Å². The highest BCUT2D eigenvalue weighted by Crippen LogP contribution is 2.23. The van der Waals surface area contributed by atoms with E-state index in [1.54, 1.807) is 0 Å². The number of nitrogens with one attached hydrogen (secondary N) is 3. The molecule has 0 atom stereocenters. The summed E-state index contributed by atoms with van der Waals surface area (Å²) < 4.78 is 0. The van der Waals surface area contributed by atoms with Crippen molar-refractivity contribution in [2.75, 3.05) is 36.8 Å². The van der Waals surface area contributed by atoms with Crippen LogP contribution in [0.2, 0.25) is 0 Å². The van der Waals surface area contributed by atoms with Crippen LogP contribution in [0.15, 0.2) is 60.9 Å². The first-order valence-electron chi connectivity index (χ1n) is 10.1. The summed E-state index contributed by atoms with van der Waals surface area (Å²) in [6, 6.07) is 16.8. The van der Waals surface area contributed by atoms with Gasteiger partial charge >= 0.3 is 0 Å². The van der Waals surface area contributed by atoms with E-state index in [0.717, 1.165) is 48.6 Å². The molecule has 0 aliphatic heterocycles. The van der Waals surface area contributed by atoms with Crippen LogP contribution in [0.1, 0.15) is 11.1 Å². The Balaban J connectivity index is 1.23. The Hall–Kier alpha value is -3.18. The van der Waals surface area contributed by atoms with Crippen molar-refractivity contribution in [2.45, 2.75) is 13.8 Å². The zero-order valence-electron chi connectivity index (χ0n) is 17.0. The maximum absolute atomic E-state index is 4.46. The van der Waals surface area contributed by atoms with Crippen molar-refractivity contribution in [3.63, 3.8) is 0 Å². The highest BCUT2D eigenvalue weighted by Gasteiger charge is 2.03. The fourth-order valence-corrected chi connectivity index (χ4v) is 3.52. The predicted octanol–water partition coefficient (Wildman–Crippen LogP) is 4.51. The Labute approximate surface area is 171 Å². The summed E-state index contributed by atoms with van der Waals surface area (Å²) >= 11 is 0. The van der Waals surface area contributed by atoms with Gasteiger partial charge in [-0.2, -0.15) is 0 Å². The third-order valence-corrected chi connectivity index (χ3v) is 5.03. The average molecular weight is 386 g/mol. The summed E-state index contributed by atoms with van der Waals surface area (Å²) in [5.41, 5.74) is 6.79. The topological polar surface area (TPSA) is 61.9 Å². The molecule has 2 aromatic heterocycles. The Morgan fingerprint density at radius 3 is 1.59 bits per heavy atom. The third-order valence-electron chi connectivity index (χ3n) is 5.03. The predicted molar refractivity (Wildman–Crippen MR) is 123 cm³/mol. The average Bonchev–Trinajstić information content (AvgIpc) is 2.72. The summed E-state index contributed by atoms with van der Waals surface area (Å²) in [5.74, 6) is 0. The van der Waals surface area contributed by atoms with E-state index in [0.29, 0.717) is 0 Å². The summed E-state index contributed by atoms with van der Waals surface area (Å²) in [6.07, 6.45) is 3.73. The Bertz CT molecular complexity index is 1030. The largest absolute Gasteiger partial charge is 0.383 e. The summed E-state index contributed by atoms with van der Waals surface area (Å²) in [4.78, 5) is 8.92. The number of nitrogens with zero attached hydrogens (tertiary/aromatic N) is 2. The van der Waals surface area contributed by atoms with Gasteiger partial charge in [-0.1, -0.05) is 24.3 Å². The van der Waals surface area contributed by atoms with E-state index in [1.807, 2.05) is 24.5 Å². The highest BCUT2D eigenvalue weighted by molar-refractivity contribution is 5.92. The molecule has 2 aromatic carbocycles. The molecule has 148 valence electrons. The van der Waals surface area contributed by atoms with Crippen molar-refractivity contribution in [2.24, 2.45) is 0 Å². The molecule has 0 saturated carbocycles.